The summed E-state index contributed by atoms with van der Waals surface area (Å²) in [4.78, 5) is 22.2. The molecule has 0 aliphatic heterocycles. The van der Waals surface area contributed by atoms with Gasteiger partial charge in [-0.25, -0.2) is 0 Å². The average molecular weight is 481 g/mol. The Labute approximate surface area is 208 Å². The molecule has 6 nitrogen and oxygen atoms in total. The molecular weight excluding hydrogens is 440 g/mol. The summed E-state index contributed by atoms with van der Waals surface area (Å²) in [6, 6.07) is 6.38. The zero-order valence-electron chi connectivity index (χ0n) is 21.4. The van der Waals surface area contributed by atoms with Gasteiger partial charge in [-0.1, -0.05) is 42.1 Å². The average Bonchev–Trinajstić information content (AvgIpc) is 3.56. The van der Waals surface area contributed by atoms with Gasteiger partial charge >= 0.3 is 5.97 Å². The van der Waals surface area contributed by atoms with Crippen molar-refractivity contribution < 1.29 is 19.2 Å². The summed E-state index contributed by atoms with van der Waals surface area (Å²) < 4.78 is 5.79. The second-order valence-corrected chi connectivity index (χ2v) is 11.1. The molecule has 2 aromatic rings. The maximum absolute atomic E-state index is 11.2. The standard InChI is InChI=1S/C20H27NO4.C9H13N/c22-9-6-14(10-16(23)24)18-17(13-4-5-13)19(25-21-18)15-11-20(12-15)7-2-1-3-8-20;1-7-4-5-9(10-3)8(2)6-7/h9,13-15H,1-8,10-12H2,(H,23,24);4-6,10H,1-3H3. The Hall–Kier alpha value is -2.63. The molecule has 1 atom stereocenters. The van der Waals surface area contributed by atoms with Crippen molar-refractivity contribution in [3.05, 3.63) is 46.3 Å². The summed E-state index contributed by atoms with van der Waals surface area (Å²) in [5.41, 5.74) is 6.27. The number of benzene rings is 1. The number of rotatable bonds is 8. The zero-order chi connectivity index (χ0) is 25.0. The van der Waals surface area contributed by atoms with Crippen LogP contribution in [0.5, 0.6) is 0 Å². The summed E-state index contributed by atoms with van der Waals surface area (Å²) in [7, 11) is 1.94. The van der Waals surface area contributed by atoms with Crippen molar-refractivity contribution >= 4 is 17.9 Å². The first-order chi connectivity index (χ1) is 16.9. The van der Waals surface area contributed by atoms with E-state index in [1.807, 2.05) is 7.05 Å². The molecule has 1 aromatic heterocycles. The number of aryl methyl sites for hydroxylation is 2. The lowest BCUT2D eigenvalue weighted by molar-refractivity contribution is -0.137. The molecule has 0 bridgehead atoms. The number of anilines is 1. The molecule has 5 rings (SSSR count). The van der Waals surface area contributed by atoms with Gasteiger partial charge in [-0.05, 0) is 75.3 Å². The third-order valence-electron chi connectivity index (χ3n) is 8.25. The first-order valence-corrected chi connectivity index (χ1v) is 13.3. The van der Waals surface area contributed by atoms with Gasteiger partial charge in [0.2, 0.25) is 0 Å². The molecule has 3 aliphatic carbocycles. The molecule has 0 radical (unpaired) electrons. The Morgan fingerprint density at radius 2 is 1.91 bits per heavy atom. The van der Waals surface area contributed by atoms with Gasteiger partial charge < -0.3 is 19.7 Å². The van der Waals surface area contributed by atoms with Crippen molar-refractivity contribution in [2.24, 2.45) is 5.41 Å². The molecular formula is C29H40N2O4. The molecule has 0 amide bonds. The number of hydrogen-bond donors (Lipinski definition) is 2. The smallest absolute Gasteiger partial charge is 0.304 e. The van der Waals surface area contributed by atoms with Gasteiger partial charge in [0, 0.05) is 36.6 Å². The minimum Gasteiger partial charge on any atom is -0.481 e. The maximum atomic E-state index is 11.2. The predicted octanol–water partition coefficient (Wildman–Crippen LogP) is 6.87. The van der Waals surface area contributed by atoms with Crippen LogP contribution in [-0.4, -0.2) is 29.6 Å². The van der Waals surface area contributed by atoms with Crippen molar-refractivity contribution in [3.8, 4) is 0 Å². The lowest BCUT2D eigenvalue weighted by Crippen LogP contribution is -2.37. The second kappa shape index (κ2) is 11.0. The van der Waals surface area contributed by atoms with Gasteiger partial charge in [0.25, 0.3) is 0 Å². The number of aromatic nitrogens is 1. The SMILES string of the molecule is CNc1ccc(C)cc1C.O=CCC(CC(=O)O)c1noc(C2CC3(CCCCC3)C2)c1C1CC1. The van der Waals surface area contributed by atoms with Crippen molar-refractivity contribution in [1.29, 1.82) is 0 Å². The molecule has 3 saturated carbocycles. The molecule has 1 spiro atoms. The molecule has 190 valence electrons. The quantitative estimate of drug-likeness (QED) is 0.400. The van der Waals surface area contributed by atoms with Gasteiger partial charge in [-0.2, -0.15) is 0 Å². The summed E-state index contributed by atoms with van der Waals surface area (Å²) in [5, 5.41) is 16.6. The van der Waals surface area contributed by atoms with Gasteiger partial charge in [-0.15, -0.1) is 0 Å². The van der Waals surface area contributed by atoms with Crippen molar-refractivity contribution in [2.45, 2.75) is 102 Å². The number of nitrogens with one attached hydrogen (secondary N) is 1. The number of hydrogen-bond acceptors (Lipinski definition) is 5. The molecule has 3 fully saturated rings. The number of aliphatic carboxylic acids is 1. The fourth-order valence-corrected chi connectivity index (χ4v) is 6.29. The monoisotopic (exact) mass is 480 g/mol. The van der Waals surface area contributed by atoms with E-state index in [0.29, 0.717) is 17.3 Å². The lowest BCUT2D eigenvalue weighted by atomic mass is 9.55. The summed E-state index contributed by atoms with van der Waals surface area (Å²) in [6.07, 6.45) is 12.3. The van der Waals surface area contributed by atoms with Crippen LogP contribution in [0.2, 0.25) is 0 Å². The molecule has 1 aromatic carbocycles. The van der Waals surface area contributed by atoms with E-state index in [0.717, 1.165) is 36.1 Å². The number of carboxylic acids is 1. The van der Waals surface area contributed by atoms with Crippen LogP contribution < -0.4 is 5.32 Å². The molecule has 6 heteroatoms. The van der Waals surface area contributed by atoms with E-state index in [9.17, 15) is 14.7 Å². The fraction of sp³-hybridized carbons (Fsp3) is 0.621. The van der Waals surface area contributed by atoms with Crippen LogP contribution in [0.4, 0.5) is 5.69 Å². The Morgan fingerprint density at radius 1 is 1.20 bits per heavy atom. The maximum Gasteiger partial charge on any atom is 0.304 e. The Kier molecular flexibility index (Phi) is 7.98. The van der Waals surface area contributed by atoms with Crippen LogP contribution in [0.3, 0.4) is 0 Å². The summed E-state index contributed by atoms with van der Waals surface area (Å²) in [5.74, 6) is 0.670. The van der Waals surface area contributed by atoms with Crippen LogP contribution >= 0.6 is 0 Å². The van der Waals surface area contributed by atoms with Gasteiger partial charge in [-0.3, -0.25) is 4.79 Å². The molecule has 1 heterocycles. The Morgan fingerprint density at radius 3 is 2.49 bits per heavy atom. The van der Waals surface area contributed by atoms with E-state index in [-0.39, 0.29) is 18.8 Å². The van der Waals surface area contributed by atoms with Crippen LogP contribution in [-0.2, 0) is 9.59 Å². The molecule has 0 saturated heterocycles. The lowest BCUT2D eigenvalue weighted by Gasteiger charge is -2.49. The highest BCUT2D eigenvalue weighted by molar-refractivity contribution is 5.69. The van der Waals surface area contributed by atoms with E-state index in [1.54, 1.807) is 0 Å². The largest absolute Gasteiger partial charge is 0.481 e. The number of carbonyl (C=O) groups excluding carboxylic acids is 1. The van der Waals surface area contributed by atoms with Gasteiger partial charge in [0.05, 0.1) is 12.1 Å². The van der Waals surface area contributed by atoms with Crippen LogP contribution in [0.15, 0.2) is 22.7 Å². The van der Waals surface area contributed by atoms with Crippen LogP contribution in [0, 0.1) is 19.3 Å². The normalized spacial score (nSPS) is 19.9. The highest BCUT2D eigenvalue weighted by atomic mass is 16.5. The molecule has 2 N–H and O–H groups in total. The second-order valence-electron chi connectivity index (χ2n) is 11.1. The predicted molar refractivity (Wildman–Crippen MR) is 137 cm³/mol. The van der Waals surface area contributed by atoms with E-state index < -0.39 is 5.97 Å². The van der Waals surface area contributed by atoms with Crippen molar-refractivity contribution in [2.75, 3.05) is 12.4 Å². The topological polar surface area (TPSA) is 92.4 Å². The van der Waals surface area contributed by atoms with Crippen molar-refractivity contribution in [3.63, 3.8) is 0 Å². The van der Waals surface area contributed by atoms with Crippen molar-refractivity contribution in [1.82, 2.24) is 5.16 Å². The number of aldehydes is 1. The number of carboxylic acid groups (broad SMARTS) is 1. The highest BCUT2D eigenvalue weighted by Gasteiger charge is 2.49. The van der Waals surface area contributed by atoms with Crippen LogP contribution in [0.1, 0.15) is 117 Å². The molecule has 35 heavy (non-hydrogen) atoms. The molecule has 1 unspecified atom stereocenters. The number of carbonyl (C=O) groups is 2. The minimum atomic E-state index is -0.886. The zero-order valence-corrected chi connectivity index (χ0v) is 21.4. The van der Waals surface area contributed by atoms with Crippen LogP contribution in [0.25, 0.3) is 0 Å². The van der Waals surface area contributed by atoms with E-state index in [2.05, 4.69) is 42.5 Å². The molecule has 3 aliphatic rings. The Balaban J connectivity index is 0.000000243. The summed E-state index contributed by atoms with van der Waals surface area (Å²) in [6.45, 7) is 4.21. The first kappa shape index (κ1) is 25.5. The van der Waals surface area contributed by atoms with E-state index in [1.165, 1.54) is 61.8 Å². The fourth-order valence-electron chi connectivity index (χ4n) is 6.29. The third kappa shape index (κ3) is 5.96. The van der Waals surface area contributed by atoms with Gasteiger partial charge in [0.1, 0.15) is 12.0 Å². The van der Waals surface area contributed by atoms with E-state index >= 15 is 0 Å². The van der Waals surface area contributed by atoms with E-state index in [4.69, 9.17) is 4.52 Å². The highest BCUT2D eigenvalue weighted by Crippen LogP contribution is 2.60. The van der Waals surface area contributed by atoms with Gasteiger partial charge in [0.15, 0.2) is 0 Å². The number of nitrogens with zero attached hydrogens (tertiary/aromatic N) is 1. The minimum absolute atomic E-state index is 0.0565. The summed E-state index contributed by atoms with van der Waals surface area (Å²) >= 11 is 0. The third-order valence-corrected chi connectivity index (χ3v) is 8.25. The first-order valence-electron chi connectivity index (χ1n) is 13.3. The Bertz CT molecular complexity index is 1030.